The molecule has 1 unspecified atom stereocenters. The van der Waals surface area contributed by atoms with Gasteiger partial charge in [0.1, 0.15) is 11.6 Å². The molecule has 1 N–H and O–H groups in total. The molecule has 4 heterocycles. The number of rotatable bonds is 4. The fraction of sp³-hybridized carbons (Fsp3) is 0.115. The molecule has 0 amide bonds. The maximum atomic E-state index is 6.52. The first kappa shape index (κ1) is 22.4. The molecule has 0 fully saturated rings. The molecule has 0 aliphatic carbocycles. The van der Waals surface area contributed by atoms with Crippen LogP contribution in [0, 0.1) is 6.92 Å². The van der Waals surface area contributed by atoms with Crippen LogP contribution in [0.2, 0.25) is 5.02 Å². The van der Waals surface area contributed by atoms with E-state index in [9.17, 15) is 0 Å². The van der Waals surface area contributed by atoms with Crippen molar-refractivity contribution in [1.29, 1.82) is 0 Å². The first-order chi connectivity index (χ1) is 17.5. The zero-order valence-electron chi connectivity index (χ0n) is 19.4. The summed E-state index contributed by atoms with van der Waals surface area (Å²) < 4.78 is 5.99. The van der Waals surface area contributed by atoms with E-state index in [1.165, 1.54) is 11.3 Å². The minimum Gasteiger partial charge on any atom is -0.423 e. The highest BCUT2D eigenvalue weighted by molar-refractivity contribution is 7.18. The molecule has 2 aromatic carbocycles. The highest BCUT2D eigenvalue weighted by atomic mass is 35.5. The van der Waals surface area contributed by atoms with Crippen LogP contribution in [-0.2, 0) is 0 Å². The number of aromatic nitrogens is 4. The van der Waals surface area contributed by atoms with Crippen molar-refractivity contribution in [3.05, 3.63) is 94.9 Å². The Morgan fingerprint density at radius 1 is 1.06 bits per heavy atom. The van der Waals surface area contributed by atoms with Crippen molar-refractivity contribution >= 4 is 51.1 Å². The van der Waals surface area contributed by atoms with Crippen molar-refractivity contribution in [2.45, 2.75) is 19.9 Å². The van der Waals surface area contributed by atoms with Crippen molar-refractivity contribution in [2.24, 2.45) is 4.99 Å². The third-order valence-electron chi connectivity index (χ3n) is 5.73. The summed E-state index contributed by atoms with van der Waals surface area (Å²) in [6.07, 6.45) is 5.55. The van der Waals surface area contributed by atoms with Gasteiger partial charge in [0.05, 0.1) is 0 Å². The molecule has 0 saturated heterocycles. The monoisotopic (exact) mass is 513 g/mol. The normalized spacial score (nSPS) is 15.6. The summed E-state index contributed by atoms with van der Waals surface area (Å²) in [5.41, 5.74) is 5.27. The second-order valence-electron chi connectivity index (χ2n) is 8.31. The Morgan fingerprint density at radius 2 is 1.94 bits per heavy atom. The standard InChI is InChI=1S/C26H20ClN7OS/c1-15-9-10-20-22(12-15)35-25(30-20)31-24-29-21(18-7-3-4-8-19(18)27)13-16(2)34(24)26-33-32-23(36-26)17-6-5-11-28-14-17/h3-14,21H,1-2H3,(H,29,30,31). The number of oxazole rings is 1. The van der Waals surface area contributed by atoms with E-state index in [-0.39, 0.29) is 6.04 Å². The maximum absolute atomic E-state index is 6.52. The van der Waals surface area contributed by atoms with E-state index in [0.29, 0.717) is 27.7 Å². The molecule has 3 aromatic heterocycles. The van der Waals surface area contributed by atoms with Gasteiger partial charge in [-0.25, -0.2) is 4.99 Å². The van der Waals surface area contributed by atoms with E-state index in [0.717, 1.165) is 32.9 Å². The molecular weight excluding hydrogens is 494 g/mol. The number of hydrogen-bond acceptors (Lipinski definition) is 9. The lowest BCUT2D eigenvalue weighted by Gasteiger charge is -2.29. The molecule has 10 heteroatoms. The van der Waals surface area contributed by atoms with Crippen molar-refractivity contribution in [2.75, 3.05) is 10.2 Å². The highest BCUT2D eigenvalue weighted by Gasteiger charge is 2.28. The number of nitrogens with zero attached hydrogens (tertiary/aromatic N) is 6. The van der Waals surface area contributed by atoms with E-state index < -0.39 is 0 Å². The molecule has 0 radical (unpaired) electrons. The van der Waals surface area contributed by atoms with E-state index in [2.05, 4.69) is 25.5 Å². The van der Waals surface area contributed by atoms with Crippen molar-refractivity contribution in [3.8, 4) is 10.6 Å². The Morgan fingerprint density at radius 3 is 2.78 bits per heavy atom. The van der Waals surface area contributed by atoms with Gasteiger partial charge in [0, 0.05) is 28.7 Å². The number of anilines is 2. The van der Waals surface area contributed by atoms with E-state index in [1.807, 2.05) is 79.4 Å². The number of guanidine groups is 1. The van der Waals surface area contributed by atoms with E-state index in [4.69, 9.17) is 21.0 Å². The fourth-order valence-corrected chi connectivity index (χ4v) is 5.14. The van der Waals surface area contributed by atoms with Gasteiger partial charge >= 0.3 is 6.01 Å². The quantitative estimate of drug-likeness (QED) is 0.288. The van der Waals surface area contributed by atoms with Gasteiger partial charge in [-0.1, -0.05) is 47.2 Å². The second-order valence-corrected chi connectivity index (χ2v) is 9.67. The molecule has 0 saturated carbocycles. The van der Waals surface area contributed by atoms with Crippen LogP contribution in [0.1, 0.15) is 24.1 Å². The Hall–Kier alpha value is -4.08. The summed E-state index contributed by atoms with van der Waals surface area (Å²) in [7, 11) is 0. The van der Waals surface area contributed by atoms with Crippen LogP contribution in [0.5, 0.6) is 0 Å². The third kappa shape index (κ3) is 4.23. The average molecular weight is 514 g/mol. The van der Waals surface area contributed by atoms with Gasteiger partial charge in [-0.15, -0.1) is 10.2 Å². The molecule has 1 aliphatic heterocycles. The predicted octanol–water partition coefficient (Wildman–Crippen LogP) is 6.64. The number of fused-ring (bicyclic) bond motifs is 1. The summed E-state index contributed by atoms with van der Waals surface area (Å²) in [4.78, 5) is 15.7. The molecular formula is C26H20ClN7OS. The maximum Gasteiger partial charge on any atom is 0.302 e. The van der Waals surface area contributed by atoms with Crippen LogP contribution >= 0.6 is 22.9 Å². The summed E-state index contributed by atoms with van der Waals surface area (Å²) in [6, 6.07) is 17.5. The summed E-state index contributed by atoms with van der Waals surface area (Å²) in [5, 5.41) is 14.2. The van der Waals surface area contributed by atoms with Gasteiger partial charge < -0.3 is 4.42 Å². The number of nitrogens with one attached hydrogen (secondary N) is 1. The molecule has 1 atom stereocenters. The Kier molecular flexibility index (Phi) is 5.71. The molecule has 6 rings (SSSR count). The van der Waals surface area contributed by atoms with Crippen molar-refractivity contribution < 1.29 is 4.42 Å². The van der Waals surface area contributed by atoms with Crippen molar-refractivity contribution in [1.82, 2.24) is 20.2 Å². The average Bonchev–Trinajstić information content (AvgIpc) is 3.51. The molecule has 5 aromatic rings. The number of aryl methyl sites for hydroxylation is 1. The number of hydrogen-bond donors (Lipinski definition) is 1. The van der Waals surface area contributed by atoms with Crippen LogP contribution < -0.4 is 10.2 Å². The lowest BCUT2D eigenvalue weighted by Crippen LogP contribution is -2.38. The topological polar surface area (TPSA) is 92.3 Å². The fourth-order valence-electron chi connectivity index (χ4n) is 3.99. The van der Waals surface area contributed by atoms with Gasteiger partial charge in [-0.2, -0.15) is 4.98 Å². The number of benzene rings is 2. The minimum atomic E-state index is -0.296. The number of halogens is 1. The molecule has 36 heavy (non-hydrogen) atoms. The van der Waals surface area contributed by atoms with Crippen LogP contribution in [0.3, 0.4) is 0 Å². The van der Waals surface area contributed by atoms with Crippen LogP contribution in [0.25, 0.3) is 21.7 Å². The molecule has 8 nitrogen and oxygen atoms in total. The Bertz CT molecular complexity index is 1630. The largest absolute Gasteiger partial charge is 0.423 e. The lowest BCUT2D eigenvalue weighted by atomic mass is 10.1. The smallest absolute Gasteiger partial charge is 0.302 e. The van der Waals surface area contributed by atoms with Gasteiger partial charge in [-0.05, 0) is 61.4 Å². The first-order valence-corrected chi connectivity index (χ1v) is 12.4. The third-order valence-corrected chi connectivity index (χ3v) is 7.03. The molecule has 0 spiro atoms. The number of pyridine rings is 1. The van der Waals surface area contributed by atoms with E-state index in [1.54, 1.807) is 12.4 Å². The van der Waals surface area contributed by atoms with E-state index >= 15 is 0 Å². The van der Waals surface area contributed by atoms with Crippen LogP contribution in [0.15, 0.2) is 88.2 Å². The summed E-state index contributed by atoms with van der Waals surface area (Å²) in [5.74, 6) is 0.511. The summed E-state index contributed by atoms with van der Waals surface area (Å²) >= 11 is 7.96. The van der Waals surface area contributed by atoms with Gasteiger partial charge in [0.2, 0.25) is 11.1 Å². The SMILES string of the molecule is CC1=CC(c2ccccc2Cl)N=C(Nc2nc3ccc(C)cc3o2)N1c1nnc(-c2cccnc2)s1. The Labute approximate surface area is 216 Å². The predicted molar refractivity (Wildman–Crippen MR) is 143 cm³/mol. The first-order valence-electron chi connectivity index (χ1n) is 11.2. The van der Waals surface area contributed by atoms with Crippen LogP contribution in [0.4, 0.5) is 11.1 Å². The second kappa shape index (κ2) is 9.18. The van der Waals surface area contributed by atoms with Crippen molar-refractivity contribution in [3.63, 3.8) is 0 Å². The number of allylic oxidation sites excluding steroid dienone is 1. The summed E-state index contributed by atoms with van der Waals surface area (Å²) in [6.45, 7) is 4.01. The van der Waals surface area contributed by atoms with Crippen LogP contribution in [-0.4, -0.2) is 26.1 Å². The van der Waals surface area contributed by atoms with Gasteiger partial charge in [-0.3, -0.25) is 15.2 Å². The Balaban J connectivity index is 1.41. The van der Waals surface area contributed by atoms with Gasteiger partial charge in [0.15, 0.2) is 10.6 Å². The number of aliphatic imine (C=N–C) groups is 1. The van der Waals surface area contributed by atoms with Gasteiger partial charge in [0.25, 0.3) is 0 Å². The lowest BCUT2D eigenvalue weighted by molar-refractivity contribution is 0.623. The molecule has 0 bridgehead atoms. The molecule has 1 aliphatic rings. The zero-order chi connectivity index (χ0) is 24.6. The zero-order valence-corrected chi connectivity index (χ0v) is 21.0. The highest BCUT2D eigenvalue weighted by Crippen LogP contribution is 2.36. The molecule has 178 valence electrons. The minimum absolute atomic E-state index is 0.296.